The van der Waals surface area contributed by atoms with Gasteiger partial charge in [-0.1, -0.05) is 6.07 Å². The molecule has 106 valence electrons. The summed E-state index contributed by atoms with van der Waals surface area (Å²) in [5.74, 6) is 1.70. The molecule has 1 unspecified atom stereocenters. The Hall–Kier alpha value is -1.06. The lowest BCUT2D eigenvalue weighted by atomic mass is 10.1. The molecule has 19 heavy (non-hydrogen) atoms. The number of hydrogen-bond donors (Lipinski definition) is 1. The molecule has 1 heterocycles. The summed E-state index contributed by atoms with van der Waals surface area (Å²) in [4.78, 5) is 0. The van der Waals surface area contributed by atoms with E-state index in [1.54, 1.807) is 0 Å². The van der Waals surface area contributed by atoms with E-state index in [9.17, 15) is 0 Å². The summed E-state index contributed by atoms with van der Waals surface area (Å²) in [5.41, 5.74) is 3.80. The highest BCUT2D eigenvalue weighted by atomic mass is 16.5. The number of nitrogens with one attached hydrogen (secondary N) is 1. The van der Waals surface area contributed by atoms with Gasteiger partial charge in [0.1, 0.15) is 12.4 Å². The summed E-state index contributed by atoms with van der Waals surface area (Å²) in [6.45, 7) is 10.8. The summed E-state index contributed by atoms with van der Waals surface area (Å²) in [5, 5.41) is 3.44. The van der Waals surface area contributed by atoms with E-state index in [0.717, 1.165) is 38.7 Å². The van der Waals surface area contributed by atoms with Crippen molar-refractivity contribution in [1.82, 2.24) is 5.32 Å². The molecule has 0 bridgehead atoms. The lowest BCUT2D eigenvalue weighted by molar-refractivity contribution is 0.185. The molecular weight excluding hydrogens is 238 g/mol. The van der Waals surface area contributed by atoms with E-state index in [-0.39, 0.29) is 0 Å². The van der Waals surface area contributed by atoms with Crippen molar-refractivity contribution in [1.29, 1.82) is 0 Å². The second-order valence-electron chi connectivity index (χ2n) is 5.49. The largest absolute Gasteiger partial charge is 0.492 e. The highest BCUT2D eigenvalue weighted by Gasteiger charge is 2.14. The van der Waals surface area contributed by atoms with Gasteiger partial charge in [-0.2, -0.15) is 0 Å². The molecule has 2 rings (SSSR count). The van der Waals surface area contributed by atoms with E-state index in [0.29, 0.717) is 5.92 Å². The Morgan fingerprint density at radius 2 is 2.16 bits per heavy atom. The molecule has 3 nitrogen and oxygen atoms in total. The highest BCUT2D eigenvalue weighted by molar-refractivity contribution is 5.41. The van der Waals surface area contributed by atoms with E-state index < -0.39 is 0 Å². The van der Waals surface area contributed by atoms with Gasteiger partial charge >= 0.3 is 0 Å². The Bertz CT molecular complexity index is 411. The number of aryl methyl sites for hydroxylation is 2. The van der Waals surface area contributed by atoms with Crippen molar-refractivity contribution in [2.75, 3.05) is 32.9 Å². The fraction of sp³-hybridized carbons (Fsp3) is 0.625. The zero-order valence-electron chi connectivity index (χ0n) is 12.3. The lowest BCUT2D eigenvalue weighted by Gasteiger charge is -2.13. The fourth-order valence-electron chi connectivity index (χ4n) is 2.43. The van der Waals surface area contributed by atoms with Gasteiger partial charge in [0.25, 0.3) is 0 Å². The van der Waals surface area contributed by atoms with Crippen LogP contribution in [0.15, 0.2) is 12.1 Å². The number of benzene rings is 1. The van der Waals surface area contributed by atoms with Gasteiger partial charge in [-0.05, 0) is 55.9 Å². The van der Waals surface area contributed by atoms with Crippen LogP contribution in [-0.4, -0.2) is 32.9 Å². The molecule has 1 aromatic carbocycles. The predicted molar refractivity (Wildman–Crippen MR) is 77.9 cm³/mol. The molecule has 0 amide bonds. The minimum Gasteiger partial charge on any atom is -0.492 e. The fourth-order valence-corrected chi connectivity index (χ4v) is 2.43. The molecule has 1 aromatic rings. The molecule has 0 aromatic heterocycles. The van der Waals surface area contributed by atoms with Crippen molar-refractivity contribution in [2.45, 2.75) is 27.2 Å². The van der Waals surface area contributed by atoms with Crippen molar-refractivity contribution in [3.8, 4) is 5.75 Å². The van der Waals surface area contributed by atoms with Crippen molar-refractivity contribution >= 4 is 0 Å². The quantitative estimate of drug-likeness (QED) is 0.800. The van der Waals surface area contributed by atoms with Gasteiger partial charge in [-0.25, -0.2) is 0 Å². The number of rotatable bonds is 6. The third-order valence-corrected chi connectivity index (χ3v) is 3.76. The van der Waals surface area contributed by atoms with Crippen molar-refractivity contribution < 1.29 is 9.47 Å². The van der Waals surface area contributed by atoms with Crippen LogP contribution in [0.3, 0.4) is 0 Å². The Morgan fingerprint density at radius 3 is 2.89 bits per heavy atom. The molecule has 3 heteroatoms. The minimum absolute atomic E-state index is 0.683. The first-order valence-electron chi connectivity index (χ1n) is 7.16. The van der Waals surface area contributed by atoms with E-state index in [1.807, 2.05) is 0 Å². The lowest BCUT2D eigenvalue weighted by Crippen LogP contribution is -2.27. The molecule has 0 spiro atoms. The molecule has 0 aliphatic carbocycles. The van der Waals surface area contributed by atoms with E-state index in [1.165, 1.54) is 23.1 Å². The Labute approximate surface area is 116 Å². The van der Waals surface area contributed by atoms with Gasteiger partial charge in [0.15, 0.2) is 0 Å². The Kier molecular flexibility index (Phi) is 5.23. The molecule has 0 radical (unpaired) electrons. The topological polar surface area (TPSA) is 30.5 Å². The SMILES string of the molecule is Cc1cc(C)c(C)c(OCCNCC2CCOC2)c1. The zero-order valence-corrected chi connectivity index (χ0v) is 12.3. The maximum absolute atomic E-state index is 5.87. The van der Waals surface area contributed by atoms with Crippen LogP contribution in [0.4, 0.5) is 0 Å². The summed E-state index contributed by atoms with van der Waals surface area (Å²) in [6.07, 6.45) is 1.18. The van der Waals surface area contributed by atoms with Crippen LogP contribution in [0.2, 0.25) is 0 Å². The second-order valence-corrected chi connectivity index (χ2v) is 5.49. The van der Waals surface area contributed by atoms with Crippen molar-refractivity contribution in [3.05, 3.63) is 28.8 Å². The third-order valence-electron chi connectivity index (χ3n) is 3.76. The molecule has 1 N–H and O–H groups in total. The average molecular weight is 263 g/mol. The summed E-state index contributed by atoms with van der Waals surface area (Å²) in [7, 11) is 0. The first kappa shape index (κ1) is 14.4. The van der Waals surface area contributed by atoms with Crippen LogP contribution >= 0.6 is 0 Å². The Morgan fingerprint density at radius 1 is 1.32 bits per heavy atom. The van der Waals surface area contributed by atoms with Gasteiger partial charge in [0, 0.05) is 19.7 Å². The van der Waals surface area contributed by atoms with Gasteiger partial charge in [0.2, 0.25) is 0 Å². The minimum atomic E-state index is 0.683. The van der Waals surface area contributed by atoms with E-state index in [2.05, 4.69) is 38.2 Å². The smallest absolute Gasteiger partial charge is 0.122 e. The molecule has 1 fully saturated rings. The van der Waals surface area contributed by atoms with Crippen molar-refractivity contribution in [2.24, 2.45) is 5.92 Å². The van der Waals surface area contributed by atoms with Crippen molar-refractivity contribution in [3.63, 3.8) is 0 Å². The summed E-state index contributed by atoms with van der Waals surface area (Å²) >= 11 is 0. The number of ether oxygens (including phenoxy) is 2. The average Bonchev–Trinajstić information content (AvgIpc) is 2.87. The highest BCUT2D eigenvalue weighted by Crippen LogP contribution is 2.23. The van der Waals surface area contributed by atoms with Crippen LogP contribution in [0, 0.1) is 26.7 Å². The van der Waals surface area contributed by atoms with Gasteiger partial charge < -0.3 is 14.8 Å². The van der Waals surface area contributed by atoms with Gasteiger partial charge in [-0.3, -0.25) is 0 Å². The van der Waals surface area contributed by atoms with Crippen LogP contribution in [0.1, 0.15) is 23.1 Å². The molecule has 1 atom stereocenters. The van der Waals surface area contributed by atoms with Crippen LogP contribution in [0.25, 0.3) is 0 Å². The first-order chi connectivity index (χ1) is 9.16. The first-order valence-corrected chi connectivity index (χ1v) is 7.16. The molecule has 1 aliphatic rings. The van der Waals surface area contributed by atoms with Crippen LogP contribution < -0.4 is 10.1 Å². The number of hydrogen-bond acceptors (Lipinski definition) is 3. The molecule has 1 aliphatic heterocycles. The Balaban J connectivity index is 1.70. The predicted octanol–water partition coefficient (Wildman–Crippen LogP) is 2.62. The standard InChI is InChI=1S/C16H25NO2/c1-12-8-13(2)14(3)16(9-12)19-7-5-17-10-15-4-6-18-11-15/h8-9,15,17H,4-7,10-11H2,1-3H3. The van der Waals surface area contributed by atoms with Crippen LogP contribution in [-0.2, 0) is 4.74 Å². The maximum Gasteiger partial charge on any atom is 0.122 e. The summed E-state index contributed by atoms with van der Waals surface area (Å²) in [6, 6.07) is 4.31. The van der Waals surface area contributed by atoms with Gasteiger partial charge in [-0.15, -0.1) is 0 Å². The van der Waals surface area contributed by atoms with E-state index >= 15 is 0 Å². The summed E-state index contributed by atoms with van der Waals surface area (Å²) < 4.78 is 11.2. The molecular formula is C16H25NO2. The molecule has 0 saturated carbocycles. The zero-order chi connectivity index (χ0) is 13.7. The van der Waals surface area contributed by atoms with Gasteiger partial charge in [0.05, 0.1) is 6.61 Å². The van der Waals surface area contributed by atoms with Crippen LogP contribution in [0.5, 0.6) is 5.75 Å². The second kappa shape index (κ2) is 6.92. The van der Waals surface area contributed by atoms with E-state index in [4.69, 9.17) is 9.47 Å². The molecule has 1 saturated heterocycles. The monoisotopic (exact) mass is 263 g/mol. The maximum atomic E-state index is 5.87. The third kappa shape index (κ3) is 4.22. The normalized spacial score (nSPS) is 18.8.